The van der Waals surface area contributed by atoms with Gasteiger partial charge in [0.15, 0.2) is 0 Å². The molecule has 1 saturated carbocycles. The number of ether oxygens (including phenoxy) is 1. The fourth-order valence-electron chi connectivity index (χ4n) is 2.06. The Kier molecular flexibility index (Phi) is 3.47. The van der Waals surface area contributed by atoms with Crippen LogP contribution in [0.2, 0.25) is 0 Å². The van der Waals surface area contributed by atoms with E-state index in [1.165, 1.54) is 7.11 Å². The molecule has 6 heteroatoms. The number of aryl methyl sites for hydroxylation is 1. The fourth-order valence-corrected chi connectivity index (χ4v) is 2.06. The van der Waals surface area contributed by atoms with Gasteiger partial charge in [0.05, 0.1) is 12.5 Å². The second-order valence-corrected chi connectivity index (χ2v) is 4.67. The zero-order valence-corrected chi connectivity index (χ0v) is 10.7. The first-order valence-electron chi connectivity index (χ1n) is 6.01. The summed E-state index contributed by atoms with van der Waals surface area (Å²) in [6, 6.07) is 1.71. The van der Waals surface area contributed by atoms with Crippen molar-refractivity contribution in [1.82, 2.24) is 9.97 Å². The number of anilines is 1. The van der Waals surface area contributed by atoms with E-state index >= 15 is 0 Å². The summed E-state index contributed by atoms with van der Waals surface area (Å²) in [5.74, 6) is 0.619. The molecule has 3 N–H and O–H groups in total. The minimum Gasteiger partial charge on any atom is -0.481 e. The van der Waals surface area contributed by atoms with Crippen molar-refractivity contribution in [2.75, 3.05) is 19.0 Å². The lowest BCUT2D eigenvalue weighted by Gasteiger charge is -2.38. The number of nitrogens with one attached hydrogen (secondary N) is 1. The maximum atomic E-state index is 12.1. The van der Waals surface area contributed by atoms with E-state index in [9.17, 15) is 4.79 Å². The van der Waals surface area contributed by atoms with Crippen molar-refractivity contribution in [3.63, 3.8) is 0 Å². The molecule has 98 valence electrons. The summed E-state index contributed by atoms with van der Waals surface area (Å²) in [6.07, 6.45) is 2.71. The molecule has 2 rings (SSSR count). The molecule has 1 amide bonds. The van der Waals surface area contributed by atoms with Gasteiger partial charge in [-0.15, -0.1) is 0 Å². The summed E-state index contributed by atoms with van der Waals surface area (Å²) < 4.78 is 5.04. The molecule has 0 unspecified atom stereocenters. The Morgan fingerprint density at radius 3 is 2.78 bits per heavy atom. The first kappa shape index (κ1) is 12.8. The lowest BCUT2D eigenvalue weighted by atomic mass is 9.68. The topological polar surface area (TPSA) is 90.1 Å². The van der Waals surface area contributed by atoms with Gasteiger partial charge in [-0.25, -0.2) is 4.98 Å². The summed E-state index contributed by atoms with van der Waals surface area (Å²) in [4.78, 5) is 20.4. The second-order valence-electron chi connectivity index (χ2n) is 4.67. The summed E-state index contributed by atoms with van der Waals surface area (Å²) in [5, 5.41) is 2.73. The summed E-state index contributed by atoms with van der Waals surface area (Å²) in [6.45, 7) is 2.18. The number of nitrogens with two attached hydrogens (primary N) is 1. The number of nitrogens with zero attached hydrogens (tertiary/aromatic N) is 2. The molecule has 1 aliphatic rings. The van der Waals surface area contributed by atoms with Gasteiger partial charge in [0, 0.05) is 18.3 Å². The molecule has 1 aromatic heterocycles. The van der Waals surface area contributed by atoms with Crippen LogP contribution < -0.4 is 15.8 Å². The summed E-state index contributed by atoms with van der Waals surface area (Å²) in [7, 11) is 1.53. The zero-order valence-electron chi connectivity index (χ0n) is 10.7. The van der Waals surface area contributed by atoms with Crippen LogP contribution in [0.15, 0.2) is 6.07 Å². The van der Waals surface area contributed by atoms with Crippen molar-refractivity contribution in [3.8, 4) is 5.88 Å². The van der Waals surface area contributed by atoms with Crippen LogP contribution in [0.3, 0.4) is 0 Å². The molecule has 0 radical (unpaired) electrons. The van der Waals surface area contributed by atoms with Crippen molar-refractivity contribution in [2.24, 2.45) is 11.1 Å². The third-order valence-electron chi connectivity index (χ3n) is 3.45. The quantitative estimate of drug-likeness (QED) is 0.827. The van der Waals surface area contributed by atoms with Crippen LogP contribution in [-0.2, 0) is 4.79 Å². The highest BCUT2D eigenvalue weighted by atomic mass is 16.5. The van der Waals surface area contributed by atoms with E-state index in [0.29, 0.717) is 12.4 Å². The molecule has 0 saturated heterocycles. The van der Waals surface area contributed by atoms with Crippen LogP contribution in [0, 0.1) is 12.3 Å². The SMILES string of the molecule is COc1cc(C)nc(NC(=O)C2(CN)CCC2)n1. The maximum Gasteiger partial charge on any atom is 0.234 e. The van der Waals surface area contributed by atoms with Gasteiger partial charge in [0.1, 0.15) is 0 Å². The molecule has 0 bridgehead atoms. The Morgan fingerprint density at radius 2 is 2.28 bits per heavy atom. The minimum atomic E-state index is -0.430. The second kappa shape index (κ2) is 4.89. The van der Waals surface area contributed by atoms with Gasteiger partial charge in [0.25, 0.3) is 0 Å². The van der Waals surface area contributed by atoms with E-state index in [4.69, 9.17) is 10.5 Å². The van der Waals surface area contributed by atoms with Gasteiger partial charge in [-0.2, -0.15) is 4.98 Å². The van der Waals surface area contributed by atoms with Crippen LogP contribution >= 0.6 is 0 Å². The largest absolute Gasteiger partial charge is 0.481 e. The third-order valence-corrected chi connectivity index (χ3v) is 3.45. The number of methoxy groups -OCH3 is 1. The Bertz CT molecular complexity index is 452. The maximum absolute atomic E-state index is 12.1. The average molecular weight is 250 g/mol. The molecule has 0 spiro atoms. The van der Waals surface area contributed by atoms with E-state index in [1.807, 2.05) is 6.92 Å². The van der Waals surface area contributed by atoms with Crippen LogP contribution in [-0.4, -0.2) is 29.5 Å². The Balaban J connectivity index is 2.13. The smallest absolute Gasteiger partial charge is 0.234 e. The Hall–Kier alpha value is -1.69. The predicted octanol–water partition coefficient (Wildman–Crippen LogP) is 0.861. The molecule has 1 heterocycles. The molecule has 1 aliphatic carbocycles. The minimum absolute atomic E-state index is 0.0936. The molecule has 0 atom stereocenters. The predicted molar refractivity (Wildman–Crippen MR) is 67.3 cm³/mol. The third kappa shape index (κ3) is 2.28. The van der Waals surface area contributed by atoms with Crippen molar-refractivity contribution in [2.45, 2.75) is 26.2 Å². The first-order chi connectivity index (χ1) is 8.59. The number of carbonyl (C=O) groups is 1. The first-order valence-corrected chi connectivity index (χ1v) is 6.01. The molecule has 1 aromatic rings. The Labute approximate surface area is 106 Å². The molecule has 18 heavy (non-hydrogen) atoms. The molecular formula is C12H18N4O2. The molecule has 6 nitrogen and oxygen atoms in total. The molecule has 1 fully saturated rings. The van der Waals surface area contributed by atoms with E-state index in [0.717, 1.165) is 25.0 Å². The van der Waals surface area contributed by atoms with E-state index in [2.05, 4.69) is 15.3 Å². The van der Waals surface area contributed by atoms with Crippen LogP contribution in [0.5, 0.6) is 5.88 Å². The molecule has 0 aromatic carbocycles. The monoisotopic (exact) mass is 250 g/mol. The van der Waals surface area contributed by atoms with Crippen molar-refractivity contribution >= 4 is 11.9 Å². The standard InChI is InChI=1S/C12H18N4O2/c1-8-6-9(18-2)15-11(14-8)16-10(17)12(7-13)4-3-5-12/h6H,3-5,7,13H2,1-2H3,(H,14,15,16,17). The van der Waals surface area contributed by atoms with Crippen LogP contribution in [0.4, 0.5) is 5.95 Å². The lowest BCUT2D eigenvalue weighted by molar-refractivity contribution is -0.129. The van der Waals surface area contributed by atoms with Gasteiger partial charge < -0.3 is 10.5 Å². The highest BCUT2D eigenvalue weighted by Gasteiger charge is 2.43. The number of hydrogen-bond acceptors (Lipinski definition) is 5. The van der Waals surface area contributed by atoms with Crippen molar-refractivity contribution in [1.29, 1.82) is 0 Å². The highest BCUT2D eigenvalue weighted by Crippen LogP contribution is 2.40. The van der Waals surface area contributed by atoms with Gasteiger partial charge in [-0.05, 0) is 19.8 Å². The van der Waals surface area contributed by atoms with Crippen LogP contribution in [0.25, 0.3) is 0 Å². The van der Waals surface area contributed by atoms with E-state index < -0.39 is 5.41 Å². The van der Waals surface area contributed by atoms with Crippen LogP contribution in [0.1, 0.15) is 25.0 Å². The normalized spacial score (nSPS) is 16.8. The summed E-state index contributed by atoms with van der Waals surface area (Å²) in [5.41, 5.74) is 6.00. The number of aromatic nitrogens is 2. The number of amides is 1. The fraction of sp³-hybridized carbons (Fsp3) is 0.583. The highest BCUT2D eigenvalue weighted by molar-refractivity contribution is 5.94. The zero-order chi connectivity index (χ0) is 13.2. The van der Waals surface area contributed by atoms with Gasteiger partial charge in [0.2, 0.25) is 17.7 Å². The molecule has 0 aliphatic heterocycles. The van der Waals surface area contributed by atoms with Crippen molar-refractivity contribution < 1.29 is 9.53 Å². The number of hydrogen-bond donors (Lipinski definition) is 2. The van der Waals surface area contributed by atoms with Crippen molar-refractivity contribution in [3.05, 3.63) is 11.8 Å². The summed E-state index contributed by atoms with van der Waals surface area (Å²) >= 11 is 0. The molecular weight excluding hydrogens is 232 g/mol. The number of rotatable bonds is 4. The Morgan fingerprint density at radius 1 is 1.56 bits per heavy atom. The average Bonchev–Trinajstić information content (AvgIpc) is 2.27. The van der Waals surface area contributed by atoms with Gasteiger partial charge in [-0.3, -0.25) is 10.1 Å². The van der Waals surface area contributed by atoms with Gasteiger partial charge in [-0.1, -0.05) is 6.42 Å². The van der Waals surface area contributed by atoms with Gasteiger partial charge >= 0.3 is 0 Å². The number of carbonyl (C=O) groups excluding carboxylic acids is 1. The van der Waals surface area contributed by atoms with E-state index in [-0.39, 0.29) is 11.9 Å². The van der Waals surface area contributed by atoms with E-state index in [1.54, 1.807) is 6.07 Å². The lowest BCUT2D eigenvalue weighted by Crippen LogP contribution is -2.47.